The summed E-state index contributed by atoms with van der Waals surface area (Å²) in [4.78, 5) is 11.3. The second kappa shape index (κ2) is 10.1. The molecule has 3 aromatic carbocycles. The zero-order valence-corrected chi connectivity index (χ0v) is 22.4. The van der Waals surface area contributed by atoms with Gasteiger partial charge in [0.25, 0.3) is 5.91 Å². The maximum absolute atomic E-state index is 13.6. The van der Waals surface area contributed by atoms with E-state index >= 15 is 0 Å². The normalized spacial score (nSPS) is 19.3. The molecular weight excluding hydrogens is 571 g/mol. The highest BCUT2D eigenvalue weighted by molar-refractivity contribution is 7.92. The van der Waals surface area contributed by atoms with Crippen molar-refractivity contribution < 1.29 is 39.9 Å². The molecule has 1 fully saturated rings. The Hall–Kier alpha value is -3.62. The van der Waals surface area contributed by atoms with Gasteiger partial charge in [-0.2, -0.15) is 25.9 Å². The van der Waals surface area contributed by atoms with Crippen molar-refractivity contribution in [2.75, 3.05) is 10.8 Å². The molecule has 9 nitrogen and oxygen atoms in total. The number of amides is 1. The number of carbonyl (C=O) groups is 1. The molecule has 3 aromatic rings. The zero-order valence-electron chi connectivity index (χ0n) is 20.8. The number of rotatable bonds is 6. The molecule has 40 heavy (non-hydrogen) atoms. The van der Waals surface area contributed by atoms with Crippen LogP contribution < -0.4 is 9.03 Å². The van der Waals surface area contributed by atoms with Gasteiger partial charge >= 0.3 is 16.4 Å². The molecule has 0 spiro atoms. The van der Waals surface area contributed by atoms with E-state index in [1.165, 1.54) is 16.4 Å². The summed E-state index contributed by atoms with van der Waals surface area (Å²) in [5.41, 5.74) is 1.34. The second-order valence-corrected chi connectivity index (χ2v) is 13.1. The van der Waals surface area contributed by atoms with Gasteiger partial charge in [-0.3, -0.25) is 4.79 Å². The van der Waals surface area contributed by atoms with Crippen LogP contribution in [0.25, 0.3) is 0 Å². The molecule has 1 amide bonds. The van der Waals surface area contributed by atoms with Crippen LogP contribution in [0.1, 0.15) is 28.7 Å². The van der Waals surface area contributed by atoms with Crippen molar-refractivity contribution in [1.82, 2.24) is 9.03 Å². The van der Waals surface area contributed by atoms with Gasteiger partial charge in [-0.05, 0) is 72.4 Å². The number of benzene rings is 3. The fraction of sp³-hybridized carbons (Fsp3) is 0.269. The molecule has 0 aromatic heterocycles. The Balaban J connectivity index is 1.40. The highest BCUT2D eigenvalue weighted by Crippen LogP contribution is 2.35. The number of sulfonamides is 1. The van der Waals surface area contributed by atoms with Gasteiger partial charge in [-0.25, -0.2) is 17.4 Å². The number of aromatic hydroxyl groups is 1. The van der Waals surface area contributed by atoms with E-state index < -0.39 is 50.5 Å². The van der Waals surface area contributed by atoms with Gasteiger partial charge in [-0.1, -0.05) is 30.3 Å². The van der Waals surface area contributed by atoms with Gasteiger partial charge < -0.3 is 5.11 Å². The number of hydrogen-bond donors (Lipinski definition) is 2. The van der Waals surface area contributed by atoms with Crippen LogP contribution in [-0.4, -0.2) is 44.7 Å². The Bertz CT molecular complexity index is 1680. The number of fused-ring (bicyclic) bond motifs is 1. The van der Waals surface area contributed by atoms with Crippen LogP contribution in [-0.2, 0) is 50.6 Å². The van der Waals surface area contributed by atoms with Crippen LogP contribution in [0.2, 0.25) is 0 Å². The maximum atomic E-state index is 13.6. The third-order valence-electron chi connectivity index (χ3n) is 6.99. The fourth-order valence-corrected chi connectivity index (χ4v) is 7.77. The first kappa shape index (κ1) is 27.9. The summed E-state index contributed by atoms with van der Waals surface area (Å²) in [6, 6.07) is 14.5. The van der Waals surface area contributed by atoms with Crippen molar-refractivity contribution in [1.29, 1.82) is 0 Å². The number of halogens is 3. The minimum absolute atomic E-state index is 0.0439. The van der Waals surface area contributed by atoms with Crippen molar-refractivity contribution in [3.05, 3.63) is 89.0 Å². The third-order valence-corrected chi connectivity index (χ3v) is 10.3. The van der Waals surface area contributed by atoms with E-state index in [1.54, 1.807) is 12.1 Å². The Kier molecular flexibility index (Phi) is 7.04. The highest BCUT2D eigenvalue weighted by atomic mass is 32.2. The minimum Gasteiger partial charge on any atom is -0.506 e. The predicted octanol–water partition coefficient (Wildman–Crippen LogP) is 3.34. The van der Waals surface area contributed by atoms with E-state index in [2.05, 4.69) is 0 Å². The molecule has 2 aliphatic rings. The van der Waals surface area contributed by atoms with Crippen LogP contribution in [0.5, 0.6) is 5.75 Å². The van der Waals surface area contributed by atoms with Crippen LogP contribution in [0.15, 0.2) is 71.6 Å². The molecule has 1 atom stereocenters. The van der Waals surface area contributed by atoms with Gasteiger partial charge in [0.2, 0.25) is 10.0 Å². The summed E-state index contributed by atoms with van der Waals surface area (Å²) in [6.45, 7) is -0.421. The average Bonchev–Trinajstić information content (AvgIpc) is 3.17. The predicted molar refractivity (Wildman–Crippen MR) is 139 cm³/mol. The molecule has 0 saturated carbocycles. The van der Waals surface area contributed by atoms with Crippen molar-refractivity contribution in [2.45, 2.75) is 42.9 Å². The molecule has 0 aliphatic carbocycles. The Labute approximate surface area is 229 Å². The molecule has 5 rings (SSSR count). The lowest BCUT2D eigenvalue weighted by atomic mass is 9.92. The number of anilines is 1. The van der Waals surface area contributed by atoms with E-state index in [4.69, 9.17) is 0 Å². The van der Waals surface area contributed by atoms with E-state index in [1.807, 2.05) is 22.9 Å². The topological polar surface area (TPSA) is 124 Å². The number of aryl methyl sites for hydroxylation is 1. The van der Waals surface area contributed by atoms with Gasteiger partial charge in [0.15, 0.2) is 0 Å². The van der Waals surface area contributed by atoms with Crippen LogP contribution in [0.4, 0.5) is 18.9 Å². The van der Waals surface area contributed by atoms with Crippen molar-refractivity contribution in [2.24, 2.45) is 0 Å². The standard InChI is InChI=1S/C26H24F3N3O6S2/c27-26(28,29)20-7-10-22(11-8-20)39(35,36)31-15-19-4-2-1-3-18(19)14-21(31)9-5-17-6-12-23(24(33)13-17)32-16-25(34)30-40(32,37)38/h1-4,6-8,10-13,21,33H,5,9,14-16H2,(H,30,34). The first-order valence-corrected chi connectivity index (χ1v) is 15.0. The molecule has 0 bridgehead atoms. The smallest absolute Gasteiger partial charge is 0.416 e. The highest BCUT2D eigenvalue weighted by Gasteiger charge is 2.38. The first-order valence-electron chi connectivity index (χ1n) is 12.2. The summed E-state index contributed by atoms with van der Waals surface area (Å²) in [5.74, 6) is -1.09. The summed E-state index contributed by atoms with van der Waals surface area (Å²) >= 11 is 0. The summed E-state index contributed by atoms with van der Waals surface area (Å²) in [7, 11) is -8.27. The van der Waals surface area contributed by atoms with Gasteiger partial charge in [-0.15, -0.1) is 0 Å². The number of nitrogens with one attached hydrogen (secondary N) is 1. The molecule has 2 heterocycles. The second-order valence-electron chi connectivity index (χ2n) is 9.60. The number of hydrogen-bond acceptors (Lipinski definition) is 6. The van der Waals surface area contributed by atoms with Crippen LogP contribution in [0.3, 0.4) is 0 Å². The number of phenolic OH excluding ortho intramolecular Hbond substituents is 1. The molecule has 2 N–H and O–H groups in total. The minimum atomic E-state index is -4.60. The Morgan fingerprint density at radius 3 is 2.25 bits per heavy atom. The van der Waals surface area contributed by atoms with E-state index in [0.717, 1.165) is 39.7 Å². The lowest BCUT2D eigenvalue weighted by Gasteiger charge is -2.36. The van der Waals surface area contributed by atoms with Crippen molar-refractivity contribution in [3.63, 3.8) is 0 Å². The van der Waals surface area contributed by atoms with Gasteiger partial charge in [0.05, 0.1) is 16.1 Å². The van der Waals surface area contributed by atoms with E-state index in [0.29, 0.717) is 24.8 Å². The van der Waals surface area contributed by atoms with Gasteiger partial charge in [0, 0.05) is 12.6 Å². The van der Waals surface area contributed by atoms with Crippen LogP contribution >= 0.6 is 0 Å². The van der Waals surface area contributed by atoms with E-state index in [-0.39, 0.29) is 22.9 Å². The molecule has 0 radical (unpaired) electrons. The fourth-order valence-electron chi connectivity index (χ4n) is 4.97. The molecule has 212 valence electrons. The lowest BCUT2D eigenvalue weighted by Crippen LogP contribution is -2.44. The Morgan fingerprint density at radius 2 is 1.65 bits per heavy atom. The number of nitrogens with zero attached hydrogens (tertiary/aromatic N) is 2. The van der Waals surface area contributed by atoms with Crippen LogP contribution in [0, 0.1) is 0 Å². The molecule has 1 unspecified atom stereocenters. The monoisotopic (exact) mass is 595 g/mol. The van der Waals surface area contributed by atoms with Crippen molar-refractivity contribution in [3.8, 4) is 5.75 Å². The zero-order chi connectivity index (χ0) is 28.9. The van der Waals surface area contributed by atoms with Gasteiger partial charge in [0.1, 0.15) is 12.3 Å². The molecule has 2 aliphatic heterocycles. The number of carbonyl (C=O) groups excluding carboxylic acids is 1. The third kappa shape index (κ3) is 5.38. The first-order chi connectivity index (χ1) is 18.8. The maximum Gasteiger partial charge on any atom is 0.416 e. The average molecular weight is 596 g/mol. The summed E-state index contributed by atoms with van der Waals surface area (Å²) < 4.78 is 94.5. The molecule has 14 heteroatoms. The molecule has 1 saturated heterocycles. The Morgan fingerprint density at radius 1 is 0.975 bits per heavy atom. The number of phenols is 1. The summed E-state index contributed by atoms with van der Waals surface area (Å²) in [6.07, 6.45) is -3.60. The largest absolute Gasteiger partial charge is 0.506 e. The number of alkyl halides is 3. The van der Waals surface area contributed by atoms with E-state index in [9.17, 15) is 39.9 Å². The quantitative estimate of drug-likeness (QED) is 0.451. The molecular formula is C26H24F3N3O6S2. The van der Waals surface area contributed by atoms with Crippen molar-refractivity contribution >= 4 is 31.8 Å². The summed E-state index contributed by atoms with van der Waals surface area (Å²) in [5, 5.41) is 10.5. The lowest BCUT2D eigenvalue weighted by molar-refractivity contribution is -0.137. The SMILES string of the molecule is O=C1CN(c2ccc(CCC3Cc4ccccc4CN3S(=O)(=O)c3ccc(C(F)(F)F)cc3)cc2O)S(=O)(=O)N1.